The van der Waals surface area contributed by atoms with E-state index in [4.69, 9.17) is 9.47 Å². The molecule has 2 aliphatic heterocycles. The van der Waals surface area contributed by atoms with Gasteiger partial charge in [0.1, 0.15) is 18.2 Å². The molecule has 0 unspecified atom stereocenters. The second kappa shape index (κ2) is 12.7. The highest BCUT2D eigenvalue weighted by Crippen LogP contribution is 2.47. The van der Waals surface area contributed by atoms with E-state index in [-0.39, 0.29) is 31.1 Å². The summed E-state index contributed by atoms with van der Waals surface area (Å²) in [4.78, 5) is 60.1. The second-order valence-corrected chi connectivity index (χ2v) is 15.0. The van der Waals surface area contributed by atoms with Crippen LogP contribution in [0.4, 0.5) is 10.5 Å². The van der Waals surface area contributed by atoms with Crippen molar-refractivity contribution >= 4 is 45.4 Å². The third-order valence-corrected chi connectivity index (χ3v) is 11.3. The molecule has 14 heteroatoms. The average molecular weight is 656 g/mol. The number of ether oxygens (including phenoxy) is 2. The average Bonchev–Trinajstić information content (AvgIpc) is 3.87. The zero-order valence-electron chi connectivity index (χ0n) is 26.1. The first-order valence-corrected chi connectivity index (χ1v) is 17.6. The number of amides is 4. The van der Waals surface area contributed by atoms with Crippen molar-refractivity contribution in [2.45, 2.75) is 75.2 Å². The summed E-state index contributed by atoms with van der Waals surface area (Å²) in [7, 11) is -2.14. The van der Waals surface area contributed by atoms with E-state index < -0.39 is 56.7 Å². The number of nitrogens with one attached hydrogen (secondary N) is 3. The second-order valence-electron chi connectivity index (χ2n) is 13.1. The van der Waals surface area contributed by atoms with Crippen molar-refractivity contribution in [1.82, 2.24) is 14.9 Å². The highest BCUT2D eigenvalue weighted by molar-refractivity contribution is 7.91. The van der Waals surface area contributed by atoms with Gasteiger partial charge in [0, 0.05) is 19.5 Å². The number of allylic oxidation sites excluding steroid dienone is 1. The molecule has 1 aromatic rings. The molecule has 3 N–H and O–H groups in total. The monoisotopic (exact) mass is 655 g/mol. The van der Waals surface area contributed by atoms with Crippen LogP contribution in [-0.4, -0.2) is 86.7 Å². The Morgan fingerprint density at radius 2 is 1.93 bits per heavy atom. The number of aryl methyl sites for hydroxylation is 1. The van der Waals surface area contributed by atoms with Crippen molar-refractivity contribution in [3.05, 3.63) is 41.5 Å². The van der Waals surface area contributed by atoms with E-state index in [1.807, 2.05) is 31.2 Å². The van der Waals surface area contributed by atoms with E-state index in [1.54, 1.807) is 18.0 Å². The zero-order chi connectivity index (χ0) is 32.6. The number of nitrogens with zero attached hydrogens (tertiary/aromatic N) is 2. The summed E-state index contributed by atoms with van der Waals surface area (Å²) in [6.45, 7) is 3.39. The summed E-state index contributed by atoms with van der Waals surface area (Å²) < 4.78 is 38.8. The van der Waals surface area contributed by atoms with Crippen LogP contribution in [-0.2, 0) is 33.9 Å². The Hall–Kier alpha value is -3.94. The van der Waals surface area contributed by atoms with Crippen LogP contribution in [0.15, 0.2) is 35.3 Å². The summed E-state index contributed by atoms with van der Waals surface area (Å²) in [6.07, 6.45) is 6.06. The lowest BCUT2D eigenvalue weighted by molar-refractivity contribution is -0.140. The molecule has 3 saturated carbocycles. The van der Waals surface area contributed by atoms with Gasteiger partial charge in [-0.1, -0.05) is 18.2 Å². The highest BCUT2D eigenvalue weighted by atomic mass is 32.2. The fourth-order valence-corrected chi connectivity index (χ4v) is 7.99. The number of sulfonamides is 1. The van der Waals surface area contributed by atoms with Crippen LogP contribution in [0.25, 0.3) is 0 Å². The molecule has 248 valence electrons. The molecule has 1 aromatic carbocycles. The summed E-state index contributed by atoms with van der Waals surface area (Å²) in [6, 6.07) is 5.49. The molecule has 0 spiro atoms. The third kappa shape index (κ3) is 6.76. The first-order valence-electron chi connectivity index (χ1n) is 16.0. The fraction of sp³-hybridized carbons (Fsp3) is 0.594. The molecule has 4 amide bonds. The first kappa shape index (κ1) is 32.0. The molecule has 13 nitrogen and oxygen atoms in total. The standard InChI is InChI=1S/C32H41N5O8S/c1-19-8-11-23(28-33-12-14-44-28)26(15-19)34-31(41)45-21-16-24-25(17-21)29(39)37(2)13-6-4-3-5-7-20-18-32(20,35-27(24)38)30(40)36-46(42,43)22-9-10-22/h5,7-8,11,15,20-22,24-25H,3-4,6,9-10,12-14,16-18H2,1-2H3,(H,34,41)(H,35,38)(H,36,40)/b7-5-/t20-,21-,24-,25-,32-/m1/s1. The smallest absolute Gasteiger partial charge is 0.411 e. The van der Waals surface area contributed by atoms with Crippen LogP contribution in [0.3, 0.4) is 0 Å². The molecule has 3 aliphatic carbocycles. The molecular formula is C32H41N5O8S. The Morgan fingerprint density at radius 3 is 2.67 bits per heavy atom. The van der Waals surface area contributed by atoms with E-state index in [0.717, 1.165) is 24.8 Å². The number of fused-ring (bicyclic) bond motifs is 2. The number of hydrogen-bond donors (Lipinski definition) is 3. The van der Waals surface area contributed by atoms with Gasteiger partial charge in [-0.05, 0) is 76.0 Å². The summed E-state index contributed by atoms with van der Waals surface area (Å²) in [5.41, 5.74) is 0.570. The van der Waals surface area contributed by atoms with Gasteiger partial charge in [-0.25, -0.2) is 18.2 Å². The van der Waals surface area contributed by atoms with Gasteiger partial charge in [0.2, 0.25) is 27.7 Å². The van der Waals surface area contributed by atoms with Crippen molar-refractivity contribution in [1.29, 1.82) is 0 Å². The van der Waals surface area contributed by atoms with E-state index in [2.05, 4.69) is 20.3 Å². The topological polar surface area (TPSA) is 173 Å². The normalized spacial score (nSPS) is 30.5. The zero-order valence-corrected chi connectivity index (χ0v) is 26.9. The van der Waals surface area contributed by atoms with Crippen molar-refractivity contribution in [3.8, 4) is 0 Å². The maximum atomic E-state index is 13.9. The molecular weight excluding hydrogens is 614 g/mol. The maximum Gasteiger partial charge on any atom is 0.411 e. The number of carbonyl (C=O) groups excluding carboxylic acids is 4. The Morgan fingerprint density at radius 1 is 1.15 bits per heavy atom. The first-order chi connectivity index (χ1) is 22.0. The van der Waals surface area contributed by atoms with Gasteiger partial charge >= 0.3 is 6.09 Å². The molecule has 46 heavy (non-hydrogen) atoms. The van der Waals surface area contributed by atoms with Crippen molar-refractivity contribution < 1.29 is 37.1 Å². The van der Waals surface area contributed by atoms with Crippen LogP contribution >= 0.6 is 0 Å². The third-order valence-electron chi connectivity index (χ3n) is 9.50. The molecule has 0 radical (unpaired) electrons. The molecule has 0 saturated heterocycles. The molecule has 0 bridgehead atoms. The summed E-state index contributed by atoms with van der Waals surface area (Å²) >= 11 is 0. The predicted octanol–water partition coefficient (Wildman–Crippen LogP) is 2.40. The van der Waals surface area contributed by atoms with Crippen LogP contribution in [0.1, 0.15) is 62.5 Å². The van der Waals surface area contributed by atoms with Gasteiger partial charge in [0.15, 0.2) is 0 Å². The van der Waals surface area contributed by atoms with Gasteiger partial charge < -0.3 is 19.7 Å². The van der Waals surface area contributed by atoms with Crippen molar-refractivity contribution in [2.75, 3.05) is 32.1 Å². The minimum absolute atomic E-state index is 0.0680. The SMILES string of the molecule is Cc1ccc(C2=NCCO2)c(NC(=O)O[C@@H]2C[C@H]3C(=O)N[C@]4(C(=O)NS(=O)(=O)C5CC5)C[C@H]4/C=C\CCCCN(C)C(=O)[C@@H]3C2)c1. The van der Waals surface area contributed by atoms with Gasteiger partial charge in [-0.3, -0.25) is 24.4 Å². The lowest BCUT2D eigenvalue weighted by Crippen LogP contribution is -2.54. The fourth-order valence-electron chi connectivity index (χ4n) is 6.63. The van der Waals surface area contributed by atoms with Crippen LogP contribution in [0.2, 0.25) is 0 Å². The van der Waals surface area contributed by atoms with E-state index >= 15 is 0 Å². The number of aliphatic imine (C=N–C) groups is 1. The lowest BCUT2D eigenvalue weighted by atomic mass is 9.93. The van der Waals surface area contributed by atoms with Crippen molar-refractivity contribution in [3.63, 3.8) is 0 Å². The Bertz CT molecular complexity index is 1590. The molecule has 5 atom stereocenters. The molecule has 3 fully saturated rings. The minimum atomic E-state index is -3.83. The molecule has 0 aromatic heterocycles. The van der Waals surface area contributed by atoms with Crippen LogP contribution < -0.4 is 15.4 Å². The highest BCUT2D eigenvalue weighted by Gasteiger charge is 2.62. The Labute approximate surface area is 268 Å². The molecule has 5 aliphatic rings. The Balaban J connectivity index is 1.20. The summed E-state index contributed by atoms with van der Waals surface area (Å²) in [5.74, 6) is -3.15. The predicted molar refractivity (Wildman–Crippen MR) is 168 cm³/mol. The quantitative estimate of drug-likeness (QED) is 0.392. The van der Waals surface area contributed by atoms with Gasteiger partial charge in [0.25, 0.3) is 5.91 Å². The van der Waals surface area contributed by atoms with Gasteiger partial charge in [-0.2, -0.15) is 0 Å². The molecule has 2 heterocycles. The van der Waals surface area contributed by atoms with Gasteiger partial charge in [0.05, 0.1) is 34.9 Å². The van der Waals surface area contributed by atoms with Crippen LogP contribution in [0.5, 0.6) is 0 Å². The number of anilines is 1. The van der Waals surface area contributed by atoms with Gasteiger partial charge in [-0.15, -0.1) is 0 Å². The van der Waals surface area contributed by atoms with Crippen LogP contribution in [0, 0.1) is 24.7 Å². The van der Waals surface area contributed by atoms with Crippen molar-refractivity contribution in [2.24, 2.45) is 22.7 Å². The number of hydrogen-bond acceptors (Lipinski definition) is 9. The summed E-state index contributed by atoms with van der Waals surface area (Å²) in [5, 5.41) is 5.03. The maximum absolute atomic E-state index is 13.9. The lowest BCUT2D eigenvalue weighted by Gasteiger charge is -2.26. The Kier molecular flexibility index (Phi) is 8.83. The number of benzene rings is 1. The number of rotatable bonds is 6. The van der Waals surface area contributed by atoms with E-state index in [0.29, 0.717) is 49.7 Å². The largest absolute Gasteiger partial charge is 0.475 e. The van der Waals surface area contributed by atoms with E-state index in [1.165, 1.54) is 0 Å². The number of carbonyl (C=O) groups is 4. The van der Waals surface area contributed by atoms with E-state index in [9.17, 15) is 27.6 Å². The molecule has 6 rings (SSSR count). The minimum Gasteiger partial charge on any atom is -0.475 e.